The normalized spacial score (nSPS) is 10.8. The molecule has 0 saturated carbocycles. The van der Waals surface area contributed by atoms with Crippen LogP contribution in [0, 0.1) is 12.7 Å². The molecule has 2 aromatic rings. The van der Waals surface area contributed by atoms with Gasteiger partial charge in [-0.3, -0.25) is 0 Å². The molecule has 1 aromatic carbocycles. The van der Waals surface area contributed by atoms with Gasteiger partial charge >= 0.3 is 0 Å². The first-order valence-corrected chi connectivity index (χ1v) is 6.46. The second-order valence-electron chi connectivity index (χ2n) is 3.72. The van der Waals surface area contributed by atoms with Crippen molar-refractivity contribution in [3.63, 3.8) is 0 Å². The van der Waals surface area contributed by atoms with Crippen LogP contribution in [-0.4, -0.2) is 4.98 Å². The van der Waals surface area contributed by atoms with Gasteiger partial charge in [0.2, 0.25) is 0 Å². The molecular weight excluding hydrogens is 259 g/mol. The molecule has 2 rings (SSSR count). The Kier molecular flexibility index (Phi) is 4.10. The summed E-state index contributed by atoms with van der Waals surface area (Å²) in [7, 11) is 0. The topological polar surface area (TPSA) is 24.9 Å². The summed E-state index contributed by atoms with van der Waals surface area (Å²) in [6.07, 6.45) is 0. The predicted octanol–water partition coefficient (Wildman–Crippen LogP) is 3.53. The minimum absolute atomic E-state index is 0.239. The van der Waals surface area contributed by atoms with Crippen molar-refractivity contribution >= 4 is 22.9 Å². The van der Waals surface area contributed by atoms with Gasteiger partial charge < -0.3 is 5.32 Å². The maximum atomic E-state index is 13.4. The van der Waals surface area contributed by atoms with Gasteiger partial charge in [0.25, 0.3) is 0 Å². The third-order valence-corrected chi connectivity index (χ3v) is 3.47. The van der Waals surface area contributed by atoms with Crippen LogP contribution in [0.5, 0.6) is 0 Å². The van der Waals surface area contributed by atoms with Crippen molar-refractivity contribution in [2.45, 2.75) is 20.0 Å². The van der Waals surface area contributed by atoms with Crippen molar-refractivity contribution < 1.29 is 4.39 Å². The Labute approximate surface area is 108 Å². The first-order valence-electron chi connectivity index (χ1n) is 5.21. The summed E-state index contributed by atoms with van der Waals surface area (Å²) in [4.78, 5) is 4.32. The summed E-state index contributed by atoms with van der Waals surface area (Å²) in [5, 5.41) is 6.70. The second kappa shape index (κ2) is 5.58. The number of halogens is 2. The third-order valence-electron chi connectivity index (χ3n) is 2.27. The standard InChI is InChI=1S/C12H12ClFN2S/c1-8-7-17-12(16-8)6-15-5-9-4-10(13)2-3-11(9)14/h2-4,7,15H,5-6H2,1H3. The SMILES string of the molecule is Cc1csc(CNCc2cc(Cl)ccc2F)n1. The molecule has 0 aliphatic heterocycles. The molecule has 0 aliphatic carbocycles. The third kappa shape index (κ3) is 3.49. The molecule has 0 fully saturated rings. The Balaban J connectivity index is 1.91. The lowest BCUT2D eigenvalue weighted by molar-refractivity contribution is 0.587. The van der Waals surface area contributed by atoms with Crippen molar-refractivity contribution in [2.24, 2.45) is 0 Å². The second-order valence-corrected chi connectivity index (χ2v) is 5.10. The van der Waals surface area contributed by atoms with E-state index in [0.29, 0.717) is 23.7 Å². The van der Waals surface area contributed by atoms with Crippen molar-refractivity contribution in [3.05, 3.63) is 50.7 Å². The molecule has 0 atom stereocenters. The fourth-order valence-corrected chi connectivity index (χ4v) is 2.40. The first kappa shape index (κ1) is 12.5. The summed E-state index contributed by atoms with van der Waals surface area (Å²) in [6, 6.07) is 4.56. The van der Waals surface area contributed by atoms with Crippen molar-refractivity contribution in [3.8, 4) is 0 Å². The summed E-state index contributed by atoms with van der Waals surface area (Å²) < 4.78 is 13.4. The molecular formula is C12H12ClFN2S. The van der Waals surface area contributed by atoms with E-state index in [4.69, 9.17) is 11.6 Å². The number of benzene rings is 1. The fraction of sp³-hybridized carbons (Fsp3) is 0.250. The molecule has 0 bridgehead atoms. The highest BCUT2D eigenvalue weighted by atomic mass is 35.5. The summed E-state index contributed by atoms with van der Waals surface area (Å²) in [5.74, 6) is -0.239. The van der Waals surface area contributed by atoms with Crippen LogP contribution in [0.3, 0.4) is 0 Å². The number of hydrogen-bond acceptors (Lipinski definition) is 3. The number of aryl methyl sites for hydroxylation is 1. The Morgan fingerprint density at radius 3 is 2.94 bits per heavy atom. The highest BCUT2D eigenvalue weighted by Gasteiger charge is 2.03. The first-order chi connectivity index (χ1) is 8.15. The number of nitrogens with one attached hydrogen (secondary N) is 1. The van der Waals surface area contributed by atoms with Crippen LogP contribution in [0.4, 0.5) is 4.39 Å². The van der Waals surface area contributed by atoms with Crippen LogP contribution in [0.15, 0.2) is 23.6 Å². The van der Waals surface area contributed by atoms with Gasteiger partial charge in [-0.15, -0.1) is 11.3 Å². The summed E-state index contributed by atoms with van der Waals surface area (Å²) >= 11 is 7.41. The number of thiazole rings is 1. The van der Waals surface area contributed by atoms with E-state index in [-0.39, 0.29) is 5.82 Å². The van der Waals surface area contributed by atoms with Crippen molar-refractivity contribution in [2.75, 3.05) is 0 Å². The molecule has 5 heteroatoms. The molecule has 0 saturated heterocycles. The smallest absolute Gasteiger partial charge is 0.127 e. The van der Waals surface area contributed by atoms with E-state index in [9.17, 15) is 4.39 Å². The quantitative estimate of drug-likeness (QED) is 0.919. The summed E-state index contributed by atoms with van der Waals surface area (Å²) in [6.45, 7) is 3.05. The van der Waals surface area contributed by atoms with Gasteiger partial charge in [-0.05, 0) is 25.1 Å². The van der Waals surface area contributed by atoms with Gasteiger partial charge in [-0.2, -0.15) is 0 Å². The van der Waals surface area contributed by atoms with E-state index in [1.54, 1.807) is 23.5 Å². The zero-order valence-corrected chi connectivity index (χ0v) is 10.9. The average Bonchev–Trinajstić information content (AvgIpc) is 2.69. The Hall–Kier alpha value is -0.970. The van der Waals surface area contributed by atoms with Gasteiger partial charge in [-0.1, -0.05) is 11.6 Å². The molecule has 0 radical (unpaired) electrons. The van der Waals surface area contributed by atoms with Crippen molar-refractivity contribution in [1.29, 1.82) is 0 Å². The minimum Gasteiger partial charge on any atom is -0.306 e. The van der Waals surface area contributed by atoms with Gasteiger partial charge in [0.15, 0.2) is 0 Å². The highest BCUT2D eigenvalue weighted by molar-refractivity contribution is 7.09. The fourth-order valence-electron chi connectivity index (χ4n) is 1.47. The van der Waals surface area contributed by atoms with Crippen LogP contribution < -0.4 is 5.32 Å². The largest absolute Gasteiger partial charge is 0.306 e. The van der Waals surface area contributed by atoms with Gasteiger partial charge in [0.05, 0.1) is 0 Å². The Morgan fingerprint density at radius 1 is 1.41 bits per heavy atom. The lowest BCUT2D eigenvalue weighted by atomic mass is 10.2. The lowest BCUT2D eigenvalue weighted by Crippen LogP contribution is -2.13. The van der Waals surface area contributed by atoms with Gasteiger partial charge in [0.1, 0.15) is 10.8 Å². The van der Waals surface area contributed by atoms with E-state index < -0.39 is 0 Å². The molecule has 17 heavy (non-hydrogen) atoms. The van der Waals surface area contributed by atoms with E-state index in [2.05, 4.69) is 10.3 Å². The average molecular weight is 271 g/mol. The number of aromatic nitrogens is 1. The van der Waals surface area contributed by atoms with Gasteiger partial charge in [-0.25, -0.2) is 9.37 Å². The predicted molar refractivity (Wildman–Crippen MR) is 68.8 cm³/mol. The van der Waals surface area contributed by atoms with Crippen molar-refractivity contribution in [1.82, 2.24) is 10.3 Å². The van der Waals surface area contributed by atoms with Crippen LogP contribution in [0.2, 0.25) is 5.02 Å². The molecule has 1 heterocycles. The molecule has 1 aromatic heterocycles. The molecule has 0 unspecified atom stereocenters. The maximum absolute atomic E-state index is 13.4. The molecule has 0 spiro atoms. The molecule has 90 valence electrons. The molecule has 0 aliphatic rings. The van der Waals surface area contributed by atoms with Crippen LogP contribution in [0.25, 0.3) is 0 Å². The Morgan fingerprint density at radius 2 is 2.24 bits per heavy atom. The molecule has 2 nitrogen and oxygen atoms in total. The lowest BCUT2D eigenvalue weighted by Gasteiger charge is -2.04. The highest BCUT2D eigenvalue weighted by Crippen LogP contribution is 2.15. The van der Waals surface area contributed by atoms with Crippen LogP contribution >= 0.6 is 22.9 Å². The maximum Gasteiger partial charge on any atom is 0.127 e. The number of hydrogen-bond donors (Lipinski definition) is 1. The zero-order valence-electron chi connectivity index (χ0n) is 9.34. The van der Waals surface area contributed by atoms with E-state index in [1.165, 1.54) is 6.07 Å². The van der Waals surface area contributed by atoms with E-state index in [0.717, 1.165) is 10.7 Å². The minimum atomic E-state index is -0.239. The van der Waals surface area contributed by atoms with Gasteiger partial charge in [0, 0.05) is 34.7 Å². The number of rotatable bonds is 4. The van der Waals surface area contributed by atoms with Crippen LogP contribution in [-0.2, 0) is 13.1 Å². The molecule has 0 amide bonds. The summed E-state index contributed by atoms with van der Waals surface area (Å²) in [5.41, 5.74) is 1.59. The number of nitrogens with zero attached hydrogens (tertiary/aromatic N) is 1. The zero-order chi connectivity index (χ0) is 12.3. The van der Waals surface area contributed by atoms with E-state index in [1.807, 2.05) is 12.3 Å². The Bertz CT molecular complexity index is 513. The molecule has 1 N–H and O–H groups in total. The van der Waals surface area contributed by atoms with E-state index >= 15 is 0 Å². The van der Waals surface area contributed by atoms with Crippen LogP contribution in [0.1, 0.15) is 16.3 Å². The monoisotopic (exact) mass is 270 g/mol.